The number of aliphatic hydroxyl groups is 1. The van der Waals surface area contributed by atoms with Crippen LogP contribution in [0.2, 0.25) is 5.02 Å². The SMILES string of the molecule is Cc1ccc(CN2C(=O)[C@@](O)(CC(=O)/C=C\c3ccccc3)c3cc(Cl)ccc32)cc1. The molecule has 0 bridgehead atoms. The second-order valence-corrected chi connectivity index (χ2v) is 8.22. The molecule has 0 saturated heterocycles. The van der Waals surface area contributed by atoms with Crippen LogP contribution in [0, 0.1) is 6.92 Å². The first-order valence-electron chi connectivity index (χ1n) is 10.0. The van der Waals surface area contributed by atoms with Gasteiger partial charge in [-0.15, -0.1) is 0 Å². The van der Waals surface area contributed by atoms with Crippen molar-refractivity contribution in [2.45, 2.75) is 25.5 Å². The summed E-state index contributed by atoms with van der Waals surface area (Å²) >= 11 is 6.16. The van der Waals surface area contributed by atoms with Gasteiger partial charge in [-0.05, 0) is 42.3 Å². The largest absolute Gasteiger partial charge is 0.375 e. The Morgan fingerprint density at radius 3 is 2.48 bits per heavy atom. The zero-order valence-corrected chi connectivity index (χ0v) is 17.8. The molecule has 31 heavy (non-hydrogen) atoms. The third-order valence-electron chi connectivity index (χ3n) is 5.45. The maximum absolute atomic E-state index is 13.3. The number of hydrogen-bond acceptors (Lipinski definition) is 3. The Morgan fingerprint density at radius 2 is 1.77 bits per heavy atom. The Labute approximate surface area is 186 Å². The first-order valence-corrected chi connectivity index (χ1v) is 10.4. The number of anilines is 1. The third kappa shape index (κ3) is 4.31. The molecule has 0 radical (unpaired) electrons. The molecule has 0 spiro atoms. The highest BCUT2D eigenvalue weighted by Gasteiger charge is 2.50. The maximum Gasteiger partial charge on any atom is 0.264 e. The van der Waals surface area contributed by atoms with Crippen molar-refractivity contribution in [3.63, 3.8) is 0 Å². The average Bonchev–Trinajstić information content (AvgIpc) is 2.96. The van der Waals surface area contributed by atoms with Gasteiger partial charge >= 0.3 is 0 Å². The summed E-state index contributed by atoms with van der Waals surface area (Å²) in [5, 5.41) is 11.8. The molecule has 4 nitrogen and oxygen atoms in total. The fourth-order valence-corrected chi connectivity index (χ4v) is 3.96. The van der Waals surface area contributed by atoms with E-state index >= 15 is 0 Å². The van der Waals surface area contributed by atoms with Gasteiger partial charge in [0.15, 0.2) is 11.4 Å². The number of rotatable bonds is 6. The summed E-state index contributed by atoms with van der Waals surface area (Å²) in [7, 11) is 0. The molecular formula is C26H22ClNO3. The summed E-state index contributed by atoms with van der Waals surface area (Å²) < 4.78 is 0. The van der Waals surface area contributed by atoms with Gasteiger partial charge < -0.3 is 10.0 Å². The highest BCUT2D eigenvalue weighted by Crippen LogP contribution is 2.44. The van der Waals surface area contributed by atoms with E-state index in [-0.39, 0.29) is 12.2 Å². The molecular weight excluding hydrogens is 410 g/mol. The molecule has 1 atom stereocenters. The van der Waals surface area contributed by atoms with Crippen LogP contribution in [0.15, 0.2) is 78.9 Å². The molecule has 1 N–H and O–H groups in total. The van der Waals surface area contributed by atoms with Crippen molar-refractivity contribution in [3.05, 3.63) is 106 Å². The lowest BCUT2D eigenvalue weighted by atomic mass is 9.89. The van der Waals surface area contributed by atoms with Gasteiger partial charge in [-0.3, -0.25) is 9.59 Å². The molecule has 0 fully saturated rings. The van der Waals surface area contributed by atoms with E-state index in [2.05, 4.69) is 0 Å². The first kappa shape index (κ1) is 21.0. The summed E-state index contributed by atoms with van der Waals surface area (Å²) in [6.07, 6.45) is 2.72. The second kappa shape index (κ2) is 8.50. The quantitative estimate of drug-likeness (QED) is 0.555. The number of benzene rings is 3. The van der Waals surface area contributed by atoms with Crippen molar-refractivity contribution >= 4 is 35.1 Å². The number of halogens is 1. The molecule has 0 aliphatic carbocycles. The molecule has 5 heteroatoms. The van der Waals surface area contributed by atoms with Crippen LogP contribution in [0.4, 0.5) is 5.69 Å². The van der Waals surface area contributed by atoms with E-state index < -0.39 is 11.5 Å². The van der Waals surface area contributed by atoms with Gasteiger partial charge in [0.25, 0.3) is 5.91 Å². The molecule has 3 aromatic rings. The fraction of sp³-hybridized carbons (Fsp3) is 0.154. The van der Waals surface area contributed by atoms with E-state index in [1.54, 1.807) is 24.3 Å². The zero-order chi connectivity index (χ0) is 22.0. The summed E-state index contributed by atoms with van der Waals surface area (Å²) in [5.74, 6) is -0.866. The Balaban J connectivity index is 1.63. The predicted molar refractivity (Wildman–Crippen MR) is 123 cm³/mol. The maximum atomic E-state index is 13.3. The van der Waals surface area contributed by atoms with E-state index in [1.807, 2.05) is 61.5 Å². The van der Waals surface area contributed by atoms with E-state index in [0.717, 1.165) is 16.7 Å². The van der Waals surface area contributed by atoms with Gasteiger partial charge in [-0.2, -0.15) is 0 Å². The van der Waals surface area contributed by atoms with Crippen LogP contribution in [-0.2, 0) is 21.7 Å². The van der Waals surface area contributed by atoms with Crippen molar-refractivity contribution in [2.24, 2.45) is 0 Å². The van der Waals surface area contributed by atoms with E-state index in [0.29, 0.717) is 22.8 Å². The van der Waals surface area contributed by atoms with Crippen LogP contribution in [0.5, 0.6) is 0 Å². The van der Waals surface area contributed by atoms with Gasteiger partial charge in [0, 0.05) is 10.6 Å². The van der Waals surface area contributed by atoms with Gasteiger partial charge in [-0.1, -0.05) is 77.8 Å². The van der Waals surface area contributed by atoms with Crippen LogP contribution < -0.4 is 4.90 Å². The van der Waals surface area contributed by atoms with Crippen LogP contribution in [0.25, 0.3) is 6.08 Å². The minimum atomic E-state index is -1.96. The van der Waals surface area contributed by atoms with Crippen molar-refractivity contribution < 1.29 is 14.7 Å². The predicted octanol–water partition coefficient (Wildman–Crippen LogP) is 5.06. The standard InChI is InChI=1S/C26H22ClNO3/c1-18-7-9-20(10-8-18)17-28-24-14-12-21(27)15-23(24)26(31,25(28)30)16-22(29)13-11-19-5-3-2-4-6-19/h2-15,31H,16-17H2,1H3/b13-11-/t26-/m1/s1. The normalized spacial score (nSPS) is 17.9. The van der Waals surface area contributed by atoms with E-state index in [9.17, 15) is 14.7 Å². The van der Waals surface area contributed by atoms with Crippen molar-refractivity contribution in [1.82, 2.24) is 0 Å². The van der Waals surface area contributed by atoms with Crippen LogP contribution >= 0.6 is 11.6 Å². The third-order valence-corrected chi connectivity index (χ3v) is 5.68. The van der Waals surface area contributed by atoms with Crippen LogP contribution in [0.1, 0.15) is 28.7 Å². The minimum Gasteiger partial charge on any atom is -0.375 e. The summed E-state index contributed by atoms with van der Waals surface area (Å²) in [4.78, 5) is 27.5. The summed E-state index contributed by atoms with van der Waals surface area (Å²) in [6.45, 7) is 2.29. The van der Waals surface area contributed by atoms with Crippen LogP contribution in [-0.4, -0.2) is 16.8 Å². The van der Waals surface area contributed by atoms with Gasteiger partial charge in [-0.25, -0.2) is 0 Å². The zero-order valence-electron chi connectivity index (χ0n) is 17.1. The molecule has 4 rings (SSSR count). The van der Waals surface area contributed by atoms with Crippen molar-refractivity contribution in [1.29, 1.82) is 0 Å². The molecule has 156 valence electrons. The average molecular weight is 432 g/mol. The highest BCUT2D eigenvalue weighted by molar-refractivity contribution is 6.31. The van der Waals surface area contributed by atoms with Gasteiger partial charge in [0.2, 0.25) is 0 Å². The van der Waals surface area contributed by atoms with Crippen LogP contribution in [0.3, 0.4) is 0 Å². The number of aryl methyl sites for hydroxylation is 1. The summed E-state index contributed by atoms with van der Waals surface area (Å²) in [6, 6.07) is 22.2. The number of carbonyl (C=O) groups is 2. The minimum absolute atomic E-state index is 0.296. The molecule has 0 unspecified atom stereocenters. The Kier molecular flexibility index (Phi) is 5.77. The van der Waals surface area contributed by atoms with Gasteiger partial charge in [0.05, 0.1) is 18.7 Å². The number of carbonyl (C=O) groups excluding carboxylic acids is 2. The number of hydrogen-bond donors (Lipinski definition) is 1. The number of nitrogens with zero attached hydrogens (tertiary/aromatic N) is 1. The second-order valence-electron chi connectivity index (χ2n) is 7.79. The summed E-state index contributed by atoms with van der Waals surface area (Å²) in [5.41, 5.74) is 1.89. The lowest BCUT2D eigenvalue weighted by Crippen LogP contribution is -2.41. The number of ketones is 1. The molecule has 0 saturated carbocycles. The molecule has 0 aromatic heterocycles. The van der Waals surface area contributed by atoms with Crippen molar-refractivity contribution in [3.8, 4) is 0 Å². The van der Waals surface area contributed by atoms with Gasteiger partial charge in [0.1, 0.15) is 0 Å². The topological polar surface area (TPSA) is 57.6 Å². The Bertz CT molecular complexity index is 1160. The first-order chi connectivity index (χ1) is 14.9. The molecule has 3 aromatic carbocycles. The van der Waals surface area contributed by atoms with E-state index in [4.69, 9.17) is 11.6 Å². The number of amides is 1. The molecule has 1 amide bonds. The molecule has 1 aliphatic rings. The highest BCUT2D eigenvalue weighted by atomic mass is 35.5. The Hall–Kier alpha value is -3.21. The number of allylic oxidation sites excluding steroid dienone is 1. The lowest BCUT2D eigenvalue weighted by molar-refractivity contribution is -0.140. The Morgan fingerprint density at radius 1 is 1.06 bits per heavy atom. The van der Waals surface area contributed by atoms with Crippen molar-refractivity contribution in [2.75, 3.05) is 4.90 Å². The van der Waals surface area contributed by atoms with E-state index in [1.165, 1.54) is 11.0 Å². The fourth-order valence-electron chi connectivity index (χ4n) is 3.79. The lowest BCUT2D eigenvalue weighted by Gasteiger charge is -2.22. The molecule has 1 heterocycles. The smallest absolute Gasteiger partial charge is 0.264 e. The monoisotopic (exact) mass is 431 g/mol. The number of fused-ring (bicyclic) bond motifs is 1. The molecule has 1 aliphatic heterocycles.